The summed E-state index contributed by atoms with van der Waals surface area (Å²) >= 11 is 0. The highest BCUT2D eigenvalue weighted by molar-refractivity contribution is 5.75. The minimum atomic E-state index is 0. The van der Waals surface area contributed by atoms with Crippen LogP contribution in [0.25, 0.3) is 21.8 Å². The molecule has 2 aromatic carbocycles. The minimum absolute atomic E-state index is 0. The highest BCUT2D eigenvalue weighted by Gasteiger charge is 2.08. The SMILES string of the molecule is [Br-].[Br-].c1ccc2c(c1)ccc[n+]2CCCCCCCCCC[n+]1cccc2ccccc21. The molecule has 0 radical (unpaired) electrons. The summed E-state index contributed by atoms with van der Waals surface area (Å²) in [6.45, 7) is 2.26. The molecule has 2 aromatic heterocycles. The summed E-state index contributed by atoms with van der Waals surface area (Å²) < 4.78 is 4.81. The average Bonchev–Trinajstić information content (AvgIpc) is 2.80. The van der Waals surface area contributed by atoms with Crippen molar-refractivity contribution < 1.29 is 43.1 Å². The maximum atomic E-state index is 2.40. The van der Waals surface area contributed by atoms with Crippen LogP contribution in [0.3, 0.4) is 0 Å². The summed E-state index contributed by atoms with van der Waals surface area (Å²) in [4.78, 5) is 0. The number of halogens is 2. The van der Waals surface area contributed by atoms with Crippen molar-refractivity contribution in [3.63, 3.8) is 0 Å². The normalized spacial score (nSPS) is 10.6. The zero-order valence-electron chi connectivity index (χ0n) is 18.8. The van der Waals surface area contributed by atoms with Gasteiger partial charge in [0.2, 0.25) is 11.0 Å². The van der Waals surface area contributed by atoms with Crippen LogP contribution >= 0.6 is 0 Å². The fourth-order valence-corrected chi connectivity index (χ4v) is 4.46. The topological polar surface area (TPSA) is 7.76 Å². The first-order valence-corrected chi connectivity index (χ1v) is 11.7. The first-order chi connectivity index (χ1) is 14.9. The van der Waals surface area contributed by atoms with E-state index in [0.29, 0.717) is 0 Å². The second kappa shape index (κ2) is 14.4. The van der Waals surface area contributed by atoms with Gasteiger partial charge in [-0.05, 0) is 37.1 Å². The van der Waals surface area contributed by atoms with E-state index in [0.717, 1.165) is 13.1 Å². The lowest BCUT2D eigenvalue weighted by Crippen LogP contribution is -3.00. The van der Waals surface area contributed by atoms with E-state index < -0.39 is 0 Å². The quantitative estimate of drug-likeness (QED) is 0.186. The molecule has 0 unspecified atom stereocenters. The molecule has 0 saturated carbocycles. The van der Waals surface area contributed by atoms with E-state index in [4.69, 9.17) is 0 Å². The molecular weight excluding hydrogens is 524 g/mol. The first-order valence-electron chi connectivity index (χ1n) is 11.7. The molecule has 0 aliphatic heterocycles. The van der Waals surface area contributed by atoms with Gasteiger partial charge >= 0.3 is 0 Å². The van der Waals surface area contributed by atoms with Crippen molar-refractivity contribution in [2.75, 3.05) is 0 Å². The van der Waals surface area contributed by atoms with Crippen LogP contribution in [-0.4, -0.2) is 0 Å². The Balaban J connectivity index is 0.00000181. The second-order valence-corrected chi connectivity index (χ2v) is 8.35. The predicted octanol–water partition coefficient (Wildman–Crippen LogP) is 0.397. The zero-order chi connectivity index (χ0) is 20.4. The van der Waals surface area contributed by atoms with Crippen LogP contribution in [0, 0.1) is 0 Å². The van der Waals surface area contributed by atoms with Crippen LogP contribution in [0.1, 0.15) is 51.4 Å². The zero-order valence-corrected chi connectivity index (χ0v) is 22.0. The molecule has 0 bridgehead atoms. The van der Waals surface area contributed by atoms with E-state index in [-0.39, 0.29) is 34.0 Å². The standard InChI is InChI=1S/C28H34N2.2BrH/c1(3-5-11-21-29-23-13-17-25-15-7-9-19-27(25)29)2-4-6-12-22-30-24-14-18-26-16-8-10-20-28(26)30;;/h7-10,13-20,23-24H,1-6,11-12,21-22H2;2*1H/q+2;;/p-2. The summed E-state index contributed by atoms with van der Waals surface area (Å²) in [6, 6.07) is 26.1. The third kappa shape index (κ3) is 7.38. The molecule has 4 heteroatoms. The Morgan fingerprint density at radius 3 is 1.19 bits per heavy atom. The van der Waals surface area contributed by atoms with Crippen LogP contribution in [-0.2, 0) is 13.1 Å². The van der Waals surface area contributed by atoms with Crippen molar-refractivity contribution in [2.45, 2.75) is 64.5 Å². The van der Waals surface area contributed by atoms with Crippen LogP contribution in [0.15, 0.2) is 85.2 Å². The van der Waals surface area contributed by atoms with Crippen LogP contribution < -0.4 is 43.1 Å². The van der Waals surface area contributed by atoms with Crippen molar-refractivity contribution in [2.24, 2.45) is 0 Å². The van der Waals surface area contributed by atoms with Gasteiger partial charge in [0.25, 0.3) is 0 Å². The van der Waals surface area contributed by atoms with Crippen LogP contribution in [0.5, 0.6) is 0 Å². The Morgan fingerprint density at radius 2 is 0.750 bits per heavy atom. The van der Waals surface area contributed by atoms with Gasteiger partial charge in [-0.15, -0.1) is 0 Å². The Bertz CT molecular complexity index is 983. The number of benzene rings is 2. The largest absolute Gasteiger partial charge is 1.00 e. The second-order valence-electron chi connectivity index (χ2n) is 8.35. The molecule has 170 valence electrons. The minimum Gasteiger partial charge on any atom is -1.00 e. The van der Waals surface area contributed by atoms with E-state index in [1.807, 2.05) is 0 Å². The Morgan fingerprint density at radius 1 is 0.406 bits per heavy atom. The smallest absolute Gasteiger partial charge is 0.212 e. The van der Waals surface area contributed by atoms with E-state index >= 15 is 0 Å². The number of aromatic nitrogens is 2. The van der Waals surface area contributed by atoms with Crippen molar-refractivity contribution >= 4 is 21.8 Å². The number of pyridine rings is 2. The molecule has 4 rings (SSSR count). The number of hydrogen-bond acceptors (Lipinski definition) is 0. The number of fused-ring (bicyclic) bond motifs is 2. The molecular formula is C28H34Br2N2. The monoisotopic (exact) mass is 556 g/mol. The van der Waals surface area contributed by atoms with Crippen molar-refractivity contribution in [3.05, 3.63) is 85.2 Å². The number of unbranched alkanes of at least 4 members (excludes halogenated alkanes) is 7. The number of hydrogen-bond donors (Lipinski definition) is 0. The van der Waals surface area contributed by atoms with Gasteiger partial charge in [0, 0.05) is 47.9 Å². The molecule has 0 N–H and O–H groups in total. The number of rotatable bonds is 11. The summed E-state index contributed by atoms with van der Waals surface area (Å²) in [5.74, 6) is 0. The van der Waals surface area contributed by atoms with Gasteiger partial charge in [0.1, 0.15) is 13.1 Å². The number of para-hydroxylation sites is 2. The number of aryl methyl sites for hydroxylation is 2. The molecule has 0 amide bonds. The van der Waals surface area contributed by atoms with Crippen LogP contribution in [0.2, 0.25) is 0 Å². The molecule has 2 nitrogen and oxygen atoms in total. The lowest BCUT2D eigenvalue weighted by atomic mass is 10.1. The molecule has 0 aliphatic rings. The predicted molar refractivity (Wildman–Crippen MR) is 125 cm³/mol. The molecule has 0 spiro atoms. The molecule has 0 saturated heterocycles. The third-order valence-electron chi connectivity index (χ3n) is 6.12. The molecule has 0 fully saturated rings. The maximum Gasteiger partial charge on any atom is 0.212 e. The Kier molecular flexibility index (Phi) is 11.9. The van der Waals surface area contributed by atoms with Crippen molar-refractivity contribution in [1.29, 1.82) is 0 Å². The molecule has 0 aliphatic carbocycles. The Hall–Kier alpha value is -1.78. The van der Waals surface area contributed by atoms with Gasteiger partial charge in [-0.1, -0.05) is 49.9 Å². The maximum absolute atomic E-state index is 2.40. The Labute approximate surface area is 213 Å². The van der Waals surface area contributed by atoms with E-state index in [2.05, 4.69) is 94.3 Å². The van der Waals surface area contributed by atoms with E-state index in [9.17, 15) is 0 Å². The molecule has 0 atom stereocenters. The highest BCUT2D eigenvalue weighted by Crippen LogP contribution is 2.12. The molecule has 2 heterocycles. The van der Waals surface area contributed by atoms with E-state index in [1.54, 1.807) is 0 Å². The van der Waals surface area contributed by atoms with Gasteiger partial charge in [-0.25, -0.2) is 0 Å². The van der Waals surface area contributed by atoms with Gasteiger partial charge in [-0.3, -0.25) is 0 Å². The summed E-state index contributed by atoms with van der Waals surface area (Å²) in [5.41, 5.74) is 2.70. The van der Waals surface area contributed by atoms with Gasteiger partial charge in [0.05, 0.1) is 0 Å². The van der Waals surface area contributed by atoms with Gasteiger partial charge < -0.3 is 34.0 Å². The van der Waals surface area contributed by atoms with Gasteiger partial charge in [0.15, 0.2) is 12.4 Å². The summed E-state index contributed by atoms with van der Waals surface area (Å²) in [7, 11) is 0. The summed E-state index contributed by atoms with van der Waals surface area (Å²) in [5, 5.41) is 2.67. The molecule has 4 aromatic rings. The highest BCUT2D eigenvalue weighted by atomic mass is 79.9. The molecule has 32 heavy (non-hydrogen) atoms. The third-order valence-corrected chi connectivity index (χ3v) is 6.12. The van der Waals surface area contributed by atoms with Crippen molar-refractivity contribution in [3.8, 4) is 0 Å². The first kappa shape index (κ1) is 26.5. The fourth-order valence-electron chi connectivity index (χ4n) is 4.46. The lowest BCUT2D eigenvalue weighted by molar-refractivity contribution is -0.672. The van der Waals surface area contributed by atoms with Crippen LogP contribution in [0.4, 0.5) is 0 Å². The fraction of sp³-hybridized carbons (Fsp3) is 0.357. The summed E-state index contributed by atoms with van der Waals surface area (Å²) in [6.07, 6.45) is 15.1. The van der Waals surface area contributed by atoms with Gasteiger partial charge in [-0.2, -0.15) is 9.13 Å². The van der Waals surface area contributed by atoms with E-state index in [1.165, 1.54) is 73.2 Å². The van der Waals surface area contributed by atoms with Crippen molar-refractivity contribution in [1.82, 2.24) is 0 Å². The lowest BCUT2D eigenvalue weighted by Gasteiger charge is -2.03. The number of nitrogens with zero attached hydrogens (tertiary/aromatic N) is 2. The average molecular weight is 558 g/mol.